The number of alkyl halides is 3. The van der Waals surface area contributed by atoms with Gasteiger partial charge in [0, 0.05) is 10.4 Å². The molecule has 1 amide bonds. The second-order valence-corrected chi connectivity index (χ2v) is 9.31. The molecule has 3 aromatic carbocycles. The van der Waals surface area contributed by atoms with Gasteiger partial charge >= 0.3 is 12.1 Å². The molecule has 0 aliphatic rings. The van der Waals surface area contributed by atoms with E-state index < -0.39 is 35.1 Å². The van der Waals surface area contributed by atoms with Gasteiger partial charge in [0.15, 0.2) is 0 Å². The van der Waals surface area contributed by atoms with Crippen molar-refractivity contribution in [3.63, 3.8) is 0 Å². The standard InChI is InChI=1S/C26H25ClF3NO4/c1-4-25(2,3)22(24(33)34)31-23(32)19-12-8-16-7-11-18(27)13-20(16)21(19)35-14-15-5-9-17(10-6-15)26(28,29)30/h5-13,22H,4,14H2,1-3H3,(H,31,32)(H,33,34)/t22-/m1/s1. The zero-order valence-corrected chi connectivity index (χ0v) is 20.1. The number of fused-ring (bicyclic) bond motifs is 1. The highest BCUT2D eigenvalue weighted by atomic mass is 35.5. The Morgan fingerprint density at radius 3 is 2.26 bits per heavy atom. The Morgan fingerprint density at radius 2 is 1.69 bits per heavy atom. The van der Waals surface area contributed by atoms with Crippen molar-refractivity contribution in [2.45, 2.75) is 46.0 Å². The number of carbonyl (C=O) groups is 2. The van der Waals surface area contributed by atoms with E-state index in [1.165, 1.54) is 18.2 Å². The monoisotopic (exact) mass is 507 g/mol. The molecule has 0 radical (unpaired) electrons. The molecule has 186 valence electrons. The molecule has 0 bridgehead atoms. The summed E-state index contributed by atoms with van der Waals surface area (Å²) in [6.45, 7) is 5.20. The number of amides is 1. The van der Waals surface area contributed by atoms with Crippen molar-refractivity contribution >= 4 is 34.2 Å². The van der Waals surface area contributed by atoms with Gasteiger partial charge < -0.3 is 15.2 Å². The lowest BCUT2D eigenvalue weighted by Crippen LogP contribution is -2.50. The van der Waals surface area contributed by atoms with Crippen LogP contribution in [0.5, 0.6) is 5.75 Å². The molecule has 2 N–H and O–H groups in total. The van der Waals surface area contributed by atoms with Crippen molar-refractivity contribution in [2.75, 3.05) is 0 Å². The Labute approximate surface area is 205 Å². The van der Waals surface area contributed by atoms with Crippen molar-refractivity contribution in [1.29, 1.82) is 0 Å². The summed E-state index contributed by atoms with van der Waals surface area (Å²) < 4.78 is 44.5. The first-order valence-electron chi connectivity index (χ1n) is 10.9. The van der Waals surface area contributed by atoms with Crippen LogP contribution >= 0.6 is 11.6 Å². The second-order valence-electron chi connectivity index (χ2n) is 8.88. The number of carbonyl (C=O) groups excluding carboxylic acids is 1. The Morgan fingerprint density at radius 1 is 1.06 bits per heavy atom. The predicted octanol–water partition coefficient (Wildman–Crippen LogP) is 6.71. The summed E-state index contributed by atoms with van der Waals surface area (Å²) in [5.41, 5.74) is -0.955. The number of halogens is 4. The number of hydrogen-bond acceptors (Lipinski definition) is 3. The third kappa shape index (κ3) is 6.06. The number of ether oxygens (including phenoxy) is 1. The normalized spacial score (nSPS) is 12.9. The first-order chi connectivity index (χ1) is 16.3. The SMILES string of the molecule is CCC(C)(C)[C@H](NC(=O)c1ccc2ccc(Cl)cc2c1OCc1ccc(C(F)(F)F)cc1)C(=O)O. The fourth-order valence-corrected chi connectivity index (χ4v) is 3.72. The fraction of sp³-hybridized carbons (Fsp3) is 0.308. The van der Waals surface area contributed by atoms with Crippen LogP contribution in [-0.4, -0.2) is 23.0 Å². The highest BCUT2D eigenvalue weighted by Crippen LogP contribution is 2.34. The molecule has 0 aliphatic carbocycles. The van der Waals surface area contributed by atoms with Gasteiger partial charge in [0.25, 0.3) is 5.91 Å². The van der Waals surface area contributed by atoms with Gasteiger partial charge in [-0.15, -0.1) is 0 Å². The smallest absolute Gasteiger partial charge is 0.416 e. The first-order valence-corrected chi connectivity index (χ1v) is 11.3. The minimum Gasteiger partial charge on any atom is -0.487 e. The van der Waals surface area contributed by atoms with Gasteiger partial charge in [-0.3, -0.25) is 4.79 Å². The van der Waals surface area contributed by atoms with Crippen molar-refractivity contribution in [2.24, 2.45) is 5.41 Å². The molecule has 5 nitrogen and oxygen atoms in total. The molecule has 0 saturated heterocycles. The number of carboxylic acid groups (broad SMARTS) is 1. The zero-order valence-electron chi connectivity index (χ0n) is 19.4. The molecule has 0 heterocycles. The average molecular weight is 508 g/mol. The van der Waals surface area contributed by atoms with E-state index in [-0.39, 0.29) is 17.9 Å². The molecule has 0 fully saturated rings. The van der Waals surface area contributed by atoms with E-state index in [0.29, 0.717) is 22.4 Å². The molecule has 3 aromatic rings. The van der Waals surface area contributed by atoms with Crippen LogP contribution in [0.25, 0.3) is 10.8 Å². The topological polar surface area (TPSA) is 75.6 Å². The summed E-state index contributed by atoms with van der Waals surface area (Å²) in [6, 6.07) is 11.6. The summed E-state index contributed by atoms with van der Waals surface area (Å²) in [5, 5.41) is 13.9. The molecular formula is C26H25ClF3NO4. The van der Waals surface area contributed by atoms with Crippen LogP contribution in [0.2, 0.25) is 5.02 Å². The van der Waals surface area contributed by atoms with E-state index in [9.17, 15) is 27.9 Å². The Kier molecular flexibility index (Phi) is 7.65. The number of carboxylic acids is 1. The van der Waals surface area contributed by atoms with Gasteiger partial charge in [-0.25, -0.2) is 4.79 Å². The van der Waals surface area contributed by atoms with Crippen LogP contribution in [0.15, 0.2) is 54.6 Å². The zero-order chi connectivity index (χ0) is 26.0. The van der Waals surface area contributed by atoms with Crippen LogP contribution in [0.3, 0.4) is 0 Å². The van der Waals surface area contributed by atoms with E-state index in [2.05, 4.69) is 5.32 Å². The van der Waals surface area contributed by atoms with E-state index in [0.717, 1.165) is 17.5 Å². The van der Waals surface area contributed by atoms with Gasteiger partial charge in [0.1, 0.15) is 18.4 Å². The average Bonchev–Trinajstić information content (AvgIpc) is 2.80. The van der Waals surface area contributed by atoms with Crippen LogP contribution in [0, 0.1) is 5.41 Å². The Hall–Kier alpha value is -3.26. The predicted molar refractivity (Wildman–Crippen MR) is 128 cm³/mol. The number of hydrogen-bond donors (Lipinski definition) is 2. The number of nitrogens with one attached hydrogen (secondary N) is 1. The second kappa shape index (κ2) is 10.2. The van der Waals surface area contributed by atoms with Crippen LogP contribution < -0.4 is 10.1 Å². The van der Waals surface area contributed by atoms with E-state index in [1.54, 1.807) is 38.1 Å². The largest absolute Gasteiger partial charge is 0.487 e. The fourth-order valence-electron chi connectivity index (χ4n) is 3.55. The van der Waals surface area contributed by atoms with Crippen molar-refractivity contribution < 1.29 is 32.6 Å². The van der Waals surface area contributed by atoms with Crippen LogP contribution in [0.4, 0.5) is 13.2 Å². The minimum atomic E-state index is -4.45. The quantitative estimate of drug-likeness (QED) is 0.355. The van der Waals surface area contributed by atoms with Crippen molar-refractivity contribution in [3.8, 4) is 5.75 Å². The van der Waals surface area contributed by atoms with Crippen molar-refractivity contribution in [3.05, 3.63) is 76.3 Å². The maximum Gasteiger partial charge on any atom is 0.416 e. The molecule has 35 heavy (non-hydrogen) atoms. The maximum absolute atomic E-state index is 13.2. The molecule has 0 saturated carbocycles. The third-order valence-electron chi connectivity index (χ3n) is 6.06. The number of rotatable bonds is 8. The lowest BCUT2D eigenvalue weighted by Gasteiger charge is -2.31. The van der Waals surface area contributed by atoms with Gasteiger partial charge in [-0.05, 0) is 53.1 Å². The number of benzene rings is 3. The summed E-state index contributed by atoms with van der Waals surface area (Å²) >= 11 is 6.16. The van der Waals surface area contributed by atoms with E-state index >= 15 is 0 Å². The summed E-state index contributed by atoms with van der Waals surface area (Å²) in [4.78, 5) is 25.1. The summed E-state index contributed by atoms with van der Waals surface area (Å²) in [7, 11) is 0. The molecule has 9 heteroatoms. The number of aliphatic carboxylic acids is 1. The Bertz CT molecular complexity index is 1240. The maximum atomic E-state index is 13.2. The van der Waals surface area contributed by atoms with E-state index in [1.807, 2.05) is 6.92 Å². The minimum absolute atomic E-state index is 0.0878. The third-order valence-corrected chi connectivity index (χ3v) is 6.29. The van der Waals surface area contributed by atoms with Gasteiger partial charge in [0.05, 0.1) is 11.1 Å². The molecule has 0 unspecified atom stereocenters. The van der Waals surface area contributed by atoms with Gasteiger partial charge in [-0.2, -0.15) is 13.2 Å². The van der Waals surface area contributed by atoms with Gasteiger partial charge in [-0.1, -0.05) is 56.6 Å². The molecular weight excluding hydrogens is 483 g/mol. The van der Waals surface area contributed by atoms with E-state index in [4.69, 9.17) is 16.3 Å². The highest BCUT2D eigenvalue weighted by molar-refractivity contribution is 6.31. The molecule has 1 atom stereocenters. The summed E-state index contributed by atoms with van der Waals surface area (Å²) in [6.07, 6.45) is -3.95. The van der Waals surface area contributed by atoms with Crippen LogP contribution in [-0.2, 0) is 17.6 Å². The van der Waals surface area contributed by atoms with Crippen molar-refractivity contribution in [1.82, 2.24) is 5.32 Å². The summed E-state index contributed by atoms with van der Waals surface area (Å²) in [5.74, 6) is -1.66. The van der Waals surface area contributed by atoms with Gasteiger partial charge in [0.2, 0.25) is 0 Å². The Balaban J connectivity index is 1.98. The molecule has 0 aromatic heterocycles. The molecule has 3 rings (SSSR count). The lowest BCUT2D eigenvalue weighted by molar-refractivity contribution is -0.142. The molecule has 0 aliphatic heterocycles. The van der Waals surface area contributed by atoms with Crippen LogP contribution in [0.1, 0.15) is 48.7 Å². The molecule has 0 spiro atoms. The lowest BCUT2D eigenvalue weighted by atomic mass is 9.81. The first kappa shape index (κ1) is 26.3. The highest BCUT2D eigenvalue weighted by Gasteiger charge is 2.36.